The van der Waals surface area contributed by atoms with Crippen LogP contribution in [0.3, 0.4) is 0 Å². The number of hydrogen-bond acceptors (Lipinski definition) is 3. The second-order valence-electron chi connectivity index (χ2n) is 5.11. The quantitative estimate of drug-likeness (QED) is 0.917. The lowest BCUT2D eigenvalue weighted by Gasteiger charge is -2.36. The molecule has 0 saturated heterocycles. The molecular weight excluding hydrogens is 264 g/mol. The van der Waals surface area contributed by atoms with Crippen molar-refractivity contribution >= 4 is 11.7 Å². The number of carboxylic acid groups (broad SMARTS) is 1. The van der Waals surface area contributed by atoms with E-state index in [-0.39, 0.29) is 0 Å². The van der Waals surface area contributed by atoms with Crippen LogP contribution in [0, 0.1) is 11.3 Å². The molecule has 0 aliphatic carbocycles. The maximum atomic E-state index is 11.6. The van der Waals surface area contributed by atoms with Gasteiger partial charge >= 0.3 is 5.97 Å². The molecule has 1 aliphatic rings. The molecule has 4 heteroatoms. The van der Waals surface area contributed by atoms with Crippen LogP contribution in [0.2, 0.25) is 0 Å². The van der Waals surface area contributed by atoms with Gasteiger partial charge in [-0.25, -0.2) is 4.79 Å². The van der Waals surface area contributed by atoms with E-state index >= 15 is 0 Å². The lowest BCUT2D eigenvalue weighted by Crippen LogP contribution is -2.45. The Morgan fingerprint density at radius 2 is 1.81 bits per heavy atom. The van der Waals surface area contributed by atoms with Crippen molar-refractivity contribution in [2.45, 2.75) is 19.0 Å². The SMILES string of the molecule is N#Cc1ccc(N2Cc3ccccc3CC2C(=O)O)cc1. The molecule has 0 spiro atoms. The number of nitrogens with zero attached hydrogens (tertiary/aromatic N) is 2. The van der Waals surface area contributed by atoms with Gasteiger partial charge in [0.2, 0.25) is 0 Å². The normalized spacial score (nSPS) is 16.9. The van der Waals surface area contributed by atoms with E-state index in [9.17, 15) is 9.90 Å². The highest BCUT2D eigenvalue weighted by Gasteiger charge is 2.31. The van der Waals surface area contributed by atoms with Gasteiger partial charge in [-0.3, -0.25) is 0 Å². The van der Waals surface area contributed by atoms with Crippen molar-refractivity contribution in [3.05, 3.63) is 65.2 Å². The summed E-state index contributed by atoms with van der Waals surface area (Å²) in [6, 6.07) is 16.5. The van der Waals surface area contributed by atoms with Gasteiger partial charge in [0.15, 0.2) is 0 Å². The maximum absolute atomic E-state index is 11.6. The zero-order valence-electron chi connectivity index (χ0n) is 11.4. The molecule has 0 fully saturated rings. The Labute approximate surface area is 122 Å². The van der Waals surface area contributed by atoms with Crippen LogP contribution in [-0.2, 0) is 17.8 Å². The Morgan fingerprint density at radius 1 is 1.14 bits per heavy atom. The Hall–Kier alpha value is -2.80. The van der Waals surface area contributed by atoms with Crippen LogP contribution in [0.5, 0.6) is 0 Å². The van der Waals surface area contributed by atoms with Gasteiger partial charge in [0.25, 0.3) is 0 Å². The van der Waals surface area contributed by atoms with Crippen molar-refractivity contribution in [1.29, 1.82) is 5.26 Å². The minimum Gasteiger partial charge on any atom is -0.480 e. The predicted octanol–water partition coefficient (Wildman–Crippen LogP) is 2.57. The second kappa shape index (κ2) is 5.29. The third-order valence-corrected chi connectivity index (χ3v) is 3.86. The van der Waals surface area contributed by atoms with Gasteiger partial charge in [-0.2, -0.15) is 5.26 Å². The lowest BCUT2D eigenvalue weighted by atomic mass is 9.93. The fraction of sp³-hybridized carbons (Fsp3) is 0.176. The summed E-state index contributed by atoms with van der Waals surface area (Å²) in [6.07, 6.45) is 0.492. The smallest absolute Gasteiger partial charge is 0.326 e. The minimum absolute atomic E-state index is 0.492. The fourth-order valence-corrected chi connectivity index (χ4v) is 2.74. The molecule has 0 radical (unpaired) electrons. The fourth-order valence-electron chi connectivity index (χ4n) is 2.74. The molecule has 4 nitrogen and oxygen atoms in total. The van der Waals surface area contributed by atoms with Crippen LogP contribution < -0.4 is 4.90 Å². The van der Waals surface area contributed by atoms with Crippen LogP contribution in [-0.4, -0.2) is 17.1 Å². The van der Waals surface area contributed by atoms with E-state index in [1.165, 1.54) is 0 Å². The number of carbonyl (C=O) groups is 1. The highest BCUT2D eigenvalue weighted by atomic mass is 16.4. The van der Waals surface area contributed by atoms with Crippen molar-refractivity contribution in [3.8, 4) is 6.07 Å². The number of fused-ring (bicyclic) bond motifs is 1. The van der Waals surface area contributed by atoms with Crippen molar-refractivity contribution in [3.63, 3.8) is 0 Å². The predicted molar refractivity (Wildman–Crippen MR) is 78.9 cm³/mol. The van der Waals surface area contributed by atoms with Crippen molar-refractivity contribution < 1.29 is 9.90 Å². The summed E-state index contributed by atoms with van der Waals surface area (Å²) in [6.45, 7) is 0.568. The standard InChI is InChI=1S/C17H14N2O2/c18-10-12-5-7-15(8-6-12)19-11-14-4-2-1-3-13(14)9-16(19)17(20)21/h1-8,16H,9,11H2,(H,20,21). The van der Waals surface area contributed by atoms with E-state index in [1.807, 2.05) is 41.3 Å². The summed E-state index contributed by atoms with van der Waals surface area (Å²) < 4.78 is 0. The molecule has 104 valence electrons. The molecule has 0 amide bonds. The summed E-state index contributed by atoms with van der Waals surface area (Å²) in [4.78, 5) is 13.5. The van der Waals surface area contributed by atoms with E-state index < -0.39 is 12.0 Å². The molecule has 21 heavy (non-hydrogen) atoms. The number of benzene rings is 2. The molecule has 0 bridgehead atoms. The van der Waals surface area contributed by atoms with E-state index in [4.69, 9.17) is 5.26 Å². The van der Waals surface area contributed by atoms with Gasteiger partial charge in [-0.05, 0) is 35.4 Å². The summed E-state index contributed by atoms with van der Waals surface area (Å²) in [5.41, 5.74) is 3.65. The van der Waals surface area contributed by atoms with Gasteiger partial charge in [0.1, 0.15) is 6.04 Å². The first-order valence-electron chi connectivity index (χ1n) is 6.75. The van der Waals surface area contributed by atoms with E-state index in [0.29, 0.717) is 18.5 Å². The van der Waals surface area contributed by atoms with Crippen LogP contribution >= 0.6 is 0 Å². The van der Waals surface area contributed by atoms with E-state index in [1.54, 1.807) is 12.1 Å². The number of anilines is 1. The first kappa shape index (κ1) is 13.2. The van der Waals surface area contributed by atoms with E-state index in [2.05, 4.69) is 6.07 Å². The molecule has 1 unspecified atom stereocenters. The van der Waals surface area contributed by atoms with Crippen LogP contribution in [0.1, 0.15) is 16.7 Å². The van der Waals surface area contributed by atoms with Crippen LogP contribution in [0.15, 0.2) is 48.5 Å². The third-order valence-electron chi connectivity index (χ3n) is 3.86. The molecule has 1 atom stereocenters. The summed E-state index contributed by atoms with van der Waals surface area (Å²) in [7, 11) is 0. The Morgan fingerprint density at radius 3 is 2.43 bits per heavy atom. The largest absolute Gasteiger partial charge is 0.480 e. The molecule has 0 aromatic heterocycles. The van der Waals surface area contributed by atoms with Crippen molar-refractivity contribution in [2.24, 2.45) is 0 Å². The molecule has 3 rings (SSSR count). The Kier molecular flexibility index (Phi) is 3.33. The number of hydrogen-bond donors (Lipinski definition) is 1. The van der Waals surface area contributed by atoms with E-state index in [0.717, 1.165) is 16.8 Å². The monoisotopic (exact) mass is 278 g/mol. The first-order chi connectivity index (χ1) is 10.2. The summed E-state index contributed by atoms with van der Waals surface area (Å²) in [5.74, 6) is -0.825. The molecular formula is C17H14N2O2. The highest BCUT2D eigenvalue weighted by Crippen LogP contribution is 2.28. The summed E-state index contributed by atoms with van der Waals surface area (Å²) in [5, 5.41) is 18.4. The molecule has 1 N–H and O–H groups in total. The van der Waals surface area contributed by atoms with Crippen molar-refractivity contribution in [1.82, 2.24) is 0 Å². The van der Waals surface area contributed by atoms with Gasteiger partial charge in [0.05, 0.1) is 11.6 Å². The van der Waals surface area contributed by atoms with Gasteiger partial charge in [-0.1, -0.05) is 24.3 Å². The number of aliphatic carboxylic acids is 1. The zero-order chi connectivity index (χ0) is 14.8. The minimum atomic E-state index is -0.825. The average molecular weight is 278 g/mol. The van der Waals surface area contributed by atoms with Gasteiger partial charge in [-0.15, -0.1) is 0 Å². The highest BCUT2D eigenvalue weighted by molar-refractivity contribution is 5.79. The lowest BCUT2D eigenvalue weighted by molar-refractivity contribution is -0.138. The number of carboxylic acids is 1. The van der Waals surface area contributed by atoms with Crippen LogP contribution in [0.25, 0.3) is 0 Å². The molecule has 1 aliphatic heterocycles. The summed E-state index contributed by atoms with van der Waals surface area (Å²) >= 11 is 0. The number of rotatable bonds is 2. The topological polar surface area (TPSA) is 64.3 Å². The zero-order valence-corrected chi connectivity index (χ0v) is 11.4. The molecule has 0 saturated carbocycles. The molecule has 1 heterocycles. The second-order valence-corrected chi connectivity index (χ2v) is 5.11. The Balaban J connectivity index is 1.99. The molecule has 2 aromatic rings. The van der Waals surface area contributed by atoms with Gasteiger partial charge in [0, 0.05) is 18.7 Å². The third kappa shape index (κ3) is 2.46. The average Bonchev–Trinajstić information content (AvgIpc) is 2.53. The number of nitriles is 1. The van der Waals surface area contributed by atoms with Crippen LogP contribution in [0.4, 0.5) is 5.69 Å². The first-order valence-corrected chi connectivity index (χ1v) is 6.75. The van der Waals surface area contributed by atoms with Crippen molar-refractivity contribution in [2.75, 3.05) is 4.90 Å². The maximum Gasteiger partial charge on any atom is 0.326 e. The Bertz CT molecular complexity index is 716. The van der Waals surface area contributed by atoms with Gasteiger partial charge < -0.3 is 10.0 Å². The molecule has 2 aromatic carbocycles.